The Bertz CT molecular complexity index is 780. The molecule has 0 spiro atoms. The number of carboxylic acids is 1. The molecule has 0 aliphatic heterocycles. The molecule has 108 valence electrons. The van der Waals surface area contributed by atoms with Crippen molar-refractivity contribution >= 4 is 23.0 Å². The zero-order chi connectivity index (χ0) is 15.4. The van der Waals surface area contributed by atoms with E-state index in [-0.39, 0.29) is 13.0 Å². The van der Waals surface area contributed by atoms with Crippen molar-refractivity contribution in [3.8, 4) is 12.3 Å². The van der Waals surface area contributed by atoms with Gasteiger partial charge in [-0.2, -0.15) is 0 Å². The molecule has 0 saturated heterocycles. The number of benzene rings is 1. The molecular formula is C14H12N2O5. The van der Waals surface area contributed by atoms with Crippen molar-refractivity contribution in [2.75, 3.05) is 0 Å². The number of hydrogen-bond acceptors (Lipinski definition) is 4. The summed E-state index contributed by atoms with van der Waals surface area (Å²) < 4.78 is 6.10. The number of aliphatic carboxylic acids is 1. The van der Waals surface area contributed by atoms with Crippen LogP contribution in [0.25, 0.3) is 11.1 Å². The zero-order valence-corrected chi connectivity index (χ0v) is 10.9. The van der Waals surface area contributed by atoms with Crippen LogP contribution < -0.4 is 11.1 Å². The van der Waals surface area contributed by atoms with Gasteiger partial charge in [0.1, 0.15) is 12.6 Å². The highest BCUT2D eigenvalue weighted by Gasteiger charge is 2.20. The maximum Gasteiger partial charge on any atom is 0.420 e. The zero-order valence-electron chi connectivity index (χ0n) is 10.9. The number of rotatable bonds is 5. The van der Waals surface area contributed by atoms with Gasteiger partial charge in [0.15, 0.2) is 5.58 Å². The second-order valence-corrected chi connectivity index (χ2v) is 4.29. The smallest absolute Gasteiger partial charge is 0.420 e. The number of aromatic nitrogens is 1. The summed E-state index contributed by atoms with van der Waals surface area (Å²) in [6, 6.07) is 5.44. The summed E-state index contributed by atoms with van der Waals surface area (Å²) in [5.74, 6) is -0.377. The first-order valence-corrected chi connectivity index (χ1v) is 6.07. The molecule has 7 heteroatoms. The maximum atomic E-state index is 11.9. The van der Waals surface area contributed by atoms with Gasteiger partial charge < -0.3 is 14.8 Å². The van der Waals surface area contributed by atoms with Crippen LogP contribution in [0.5, 0.6) is 0 Å². The van der Waals surface area contributed by atoms with E-state index in [1.807, 2.05) is 0 Å². The van der Waals surface area contributed by atoms with E-state index in [9.17, 15) is 14.4 Å². The normalized spacial score (nSPS) is 11.8. The van der Waals surface area contributed by atoms with Gasteiger partial charge in [-0.05, 0) is 12.1 Å². The molecule has 2 N–H and O–H groups in total. The highest BCUT2D eigenvalue weighted by Crippen LogP contribution is 2.11. The van der Waals surface area contributed by atoms with Crippen LogP contribution in [0.2, 0.25) is 0 Å². The fourth-order valence-corrected chi connectivity index (χ4v) is 1.87. The van der Waals surface area contributed by atoms with Crippen molar-refractivity contribution in [1.82, 2.24) is 9.88 Å². The minimum atomic E-state index is -1.23. The molecule has 0 radical (unpaired) electrons. The molecule has 0 aliphatic carbocycles. The third-order valence-electron chi connectivity index (χ3n) is 2.83. The quantitative estimate of drug-likeness (QED) is 0.765. The SMILES string of the molecule is C#CCC(NC(=O)Cn1c(=O)oc2ccccc21)C(=O)O. The monoisotopic (exact) mass is 288 g/mol. The molecule has 21 heavy (non-hydrogen) atoms. The summed E-state index contributed by atoms with van der Waals surface area (Å²) in [5, 5.41) is 11.2. The minimum Gasteiger partial charge on any atom is -0.480 e. The van der Waals surface area contributed by atoms with Crippen LogP contribution >= 0.6 is 0 Å². The van der Waals surface area contributed by atoms with Crippen LogP contribution in [0.3, 0.4) is 0 Å². The predicted octanol–water partition coefficient (Wildman–Crippen LogP) is 0.187. The molecule has 0 saturated carbocycles. The Balaban J connectivity index is 2.19. The van der Waals surface area contributed by atoms with Crippen LogP contribution in [0, 0.1) is 12.3 Å². The second-order valence-electron chi connectivity index (χ2n) is 4.29. The van der Waals surface area contributed by atoms with Gasteiger partial charge in [-0.15, -0.1) is 12.3 Å². The number of hydrogen-bond donors (Lipinski definition) is 2. The van der Waals surface area contributed by atoms with Crippen molar-refractivity contribution in [2.45, 2.75) is 19.0 Å². The Morgan fingerprint density at radius 1 is 1.43 bits per heavy atom. The number of carbonyl (C=O) groups is 2. The van der Waals surface area contributed by atoms with E-state index in [2.05, 4.69) is 11.2 Å². The van der Waals surface area contributed by atoms with Gasteiger partial charge in [0.25, 0.3) is 0 Å². The average molecular weight is 288 g/mol. The Labute approximate surface area is 119 Å². The number of oxazole rings is 1. The van der Waals surface area contributed by atoms with Gasteiger partial charge in [-0.1, -0.05) is 12.1 Å². The van der Waals surface area contributed by atoms with E-state index in [1.54, 1.807) is 24.3 Å². The van der Waals surface area contributed by atoms with Crippen LogP contribution in [0.1, 0.15) is 6.42 Å². The Morgan fingerprint density at radius 2 is 2.14 bits per heavy atom. The molecule has 0 bridgehead atoms. The third-order valence-corrected chi connectivity index (χ3v) is 2.83. The highest BCUT2D eigenvalue weighted by molar-refractivity contribution is 5.84. The fourth-order valence-electron chi connectivity index (χ4n) is 1.87. The topological polar surface area (TPSA) is 102 Å². The number of fused-ring (bicyclic) bond motifs is 1. The molecule has 0 aliphatic rings. The highest BCUT2D eigenvalue weighted by atomic mass is 16.4. The second kappa shape index (κ2) is 5.96. The molecule has 1 aromatic heterocycles. The number of nitrogens with one attached hydrogen (secondary N) is 1. The first-order chi connectivity index (χ1) is 10.0. The molecule has 1 amide bonds. The van der Waals surface area contributed by atoms with E-state index < -0.39 is 23.7 Å². The molecule has 1 atom stereocenters. The fraction of sp³-hybridized carbons (Fsp3) is 0.214. The number of carbonyl (C=O) groups excluding carboxylic acids is 1. The lowest BCUT2D eigenvalue weighted by Crippen LogP contribution is -2.42. The van der Waals surface area contributed by atoms with Crippen molar-refractivity contribution < 1.29 is 19.1 Å². The van der Waals surface area contributed by atoms with Crippen LogP contribution in [0.4, 0.5) is 0 Å². The number of nitrogens with zero attached hydrogens (tertiary/aromatic N) is 1. The minimum absolute atomic E-state index is 0.137. The van der Waals surface area contributed by atoms with Crippen LogP contribution in [0.15, 0.2) is 33.5 Å². The summed E-state index contributed by atoms with van der Waals surface area (Å²) in [7, 11) is 0. The third kappa shape index (κ3) is 3.12. The molecule has 1 unspecified atom stereocenters. The van der Waals surface area contributed by atoms with Gasteiger partial charge in [0, 0.05) is 6.42 Å². The Kier molecular flexibility index (Phi) is 4.09. The lowest BCUT2D eigenvalue weighted by Gasteiger charge is -2.11. The van der Waals surface area contributed by atoms with Crippen molar-refractivity contribution in [2.24, 2.45) is 0 Å². The number of para-hydroxylation sites is 2. The molecule has 2 rings (SSSR count). The lowest BCUT2D eigenvalue weighted by atomic mass is 10.2. The van der Waals surface area contributed by atoms with E-state index in [1.165, 1.54) is 0 Å². The maximum absolute atomic E-state index is 11.9. The van der Waals surface area contributed by atoms with E-state index in [0.717, 1.165) is 4.57 Å². The summed E-state index contributed by atoms with van der Waals surface area (Å²) >= 11 is 0. The van der Waals surface area contributed by atoms with E-state index in [0.29, 0.717) is 11.1 Å². The van der Waals surface area contributed by atoms with Crippen molar-refractivity contribution in [3.63, 3.8) is 0 Å². The standard InChI is InChI=1S/C14H12N2O5/c1-2-5-9(13(18)19)15-12(17)8-16-10-6-3-4-7-11(10)21-14(16)20/h1,3-4,6-7,9H,5,8H2,(H,15,17)(H,18,19). The van der Waals surface area contributed by atoms with Gasteiger partial charge in [-0.25, -0.2) is 9.59 Å². The summed E-state index contributed by atoms with van der Waals surface area (Å²) in [5.41, 5.74) is 0.815. The molecule has 2 aromatic rings. The Morgan fingerprint density at radius 3 is 2.81 bits per heavy atom. The predicted molar refractivity (Wildman–Crippen MR) is 73.5 cm³/mol. The first-order valence-electron chi connectivity index (χ1n) is 6.07. The van der Waals surface area contributed by atoms with E-state index in [4.69, 9.17) is 15.9 Å². The molecule has 0 fully saturated rings. The first kappa shape index (κ1) is 14.4. The van der Waals surface area contributed by atoms with Crippen LogP contribution in [-0.2, 0) is 16.1 Å². The number of carboxylic acid groups (broad SMARTS) is 1. The number of amides is 1. The molecule has 1 aromatic carbocycles. The van der Waals surface area contributed by atoms with E-state index >= 15 is 0 Å². The number of terminal acetylenes is 1. The van der Waals surface area contributed by atoms with Crippen molar-refractivity contribution in [3.05, 3.63) is 34.8 Å². The summed E-state index contributed by atoms with van der Waals surface area (Å²) in [4.78, 5) is 34.4. The molecule has 1 heterocycles. The average Bonchev–Trinajstić information content (AvgIpc) is 2.75. The molecular weight excluding hydrogens is 276 g/mol. The van der Waals surface area contributed by atoms with Crippen molar-refractivity contribution in [1.29, 1.82) is 0 Å². The van der Waals surface area contributed by atoms with Crippen LogP contribution in [-0.4, -0.2) is 27.6 Å². The summed E-state index contributed by atoms with van der Waals surface area (Å²) in [6.45, 7) is -0.343. The van der Waals surface area contributed by atoms with Gasteiger partial charge in [-0.3, -0.25) is 9.36 Å². The van der Waals surface area contributed by atoms with Gasteiger partial charge >= 0.3 is 11.7 Å². The van der Waals surface area contributed by atoms with Gasteiger partial charge in [0.2, 0.25) is 5.91 Å². The molecule has 7 nitrogen and oxygen atoms in total. The van der Waals surface area contributed by atoms with Gasteiger partial charge in [0.05, 0.1) is 5.52 Å². The summed E-state index contributed by atoms with van der Waals surface area (Å²) in [6.07, 6.45) is 4.91. The lowest BCUT2D eigenvalue weighted by molar-refractivity contribution is -0.141. The largest absolute Gasteiger partial charge is 0.480 e. The Hall–Kier alpha value is -3.01.